The molecule has 1 aromatic carbocycles. The fourth-order valence-electron chi connectivity index (χ4n) is 2.61. The van der Waals surface area contributed by atoms with Gasteiger partial charge in [0.15, 0.2) is 11.5 Å². The van der Waals surface area contributed by atoms with E-state index >= 15 is 0 Å². The first kappa shape index (κ1) is 10.8. The molecule has 1 aliphatic rings. The van der Waals surface area contributed by atoms with Crippen molar-refractivity contribution in [1.82, 2.24) is 4.98 Å². The summed E-state index contributed by atoms with van der Waals surface area (Å²) in [7, 11) is 0. The number of aromatic nitrogens is 1. The van der Waals surface area contributed by atoms with Crippen molar-refractivity contribution in [1.29, 1.82) is 0 Å². The second kappa shape index (κ2) is 4.49. The summed E-state index contributed by atoms with van der Waals surface area (Å²) in [4.78, 5) is 4.56. The first-order valence-corrected chi connectivity index (χ1v) is 6.37. The summed E-state index contributed by atoms with van der Waals surface area (Å²) in [5.74, 6) is 1.38. The van der Waals surface area contributed by atoms with Crippen LogP contribution in [0.4, 0.5) is 0 Å². The fraction of sp³-hybridized carbons (Fsp3) is 0.500. The summed E-state index contributed by atoms with van der Waals surface area (Å²) in [5.41, 5.74) is 2.59. The molecule has 2 aromatic rings. The predicted molar refractivity (Wildman–Crippen MR) is 65.8 cm³/mol. The molecule has 1 saturated carbocycles. The molecule has 0 aliphatic heterocycles. The lowest BCUT2D eigenvalue weighted by molar-refractivity contribution is 0.282. The molecule has 1 aliphatic carbocycles. The Bertz CT molecular complexity index is 512. The van der Waals surface area contributed by atoms with E-state index < -0.39 is 0 Å². The van der Waals surface area contributed by atoms with Crippen LogP contribution < -0.4 is 0 Å². The topological polar surface area (TPSA) is 46.3 Å². The molecule has 1 aromatic heterocycles. The SMILES string of the molecule is OCc1ccc2nc(C3CCCCC3)oc2c1. The van der Waals surface area contributed by atoms with Gasteiger partial charge in [0.1, 0.15) is 5.52 Å². The molecule has 0 amide bonds. The van der Waals surface area contributed by atoms with Gasteiger partial charge in [0, 0.05) is 5.92 Å². The van der Waals surface area contributed by atoms with Crippen LogP contribution in [0.3, 0.4) is 0 Å². The Kier molecular flexibility index (Phi) is 2.85. The van der Waals surface area contributed by atoms with Crippen LogP contribution in [0.1, 0.15) is 49.5 Å². The third kappa shape index (κ3) is 2.07. The smallest absolute Gasteiger partial charge is 0.198 e. The van der Waals surface area contributed by atoms with Crippen LogP contribution in [0.25, 0.3) is 11.1 Å². The van der Waals surface area contributed by atoms with Gasteiger partial charge in [-0.3, -0.25) is 0 Å². The van der Waals surface area contributed by atoms with Crippen molar-refractivity contribution in [3.8, 4) is 0 Å². The molecule has 0 spiro atoms. The highest BCUT2D eigenvalue weighted by molar-refractivity contribution is 5.73. The van der Waals surface area contributed by atoms with Gasteiger partial charge in [-0.15, -0.1) is 0 Å². The molecule has 1 N–H and O–H groups in total. The number of fused-ring (bicyclic) bond motifs is 1. The van der Waals surface area contributed by atoms with Gasteiger partial charge in [0.05, 0.1) is 6.61 Å². The minimum Gasteiger partial charge on any atom is -0.440 e. The van der Waals surface area contributed by atoms with Gasteiger partial charge in [0.2, 0.25) is 0 Å². The van der Waals surface area contributed by atoms with Gasteiger partial charge in [-0.1, -0.05) is 25.3 Å². The van der Waals surface area contributed by atoms with Crippen LogP contribution >= 0.6 is 0 Å². The Labute approximate surface area is 100 Å². The van der Waals surface area contributed by atoms with Crippen LogP contribution in [-0.2, 0) is 6.61 Å². The zero-order valence-electron chi connectivity index (χ0n) is 9.85. The van der Waals surface area contributed by atoms with E-state index in [4.69, 9.17) is 9.52 Å². The number of hydrogen-bond donors (Lipinski definition) is 1. The van der Waals surface area contributed by atoms with E-state index in [-0.39, 0.29) is 6.61 Å². The molecule has 1 fully saturated rings. The van der Waals surface area contributed by atoms with Gasteiger partial charge in [-0.2, -0.15) is 0 Å². The summed E-state index contributed by atoms with van der Waals surface area (Å²) < 4.78 is 5.83. The summed E-state index contributed by atoms with van der Waals surface area (Å²) in [6.07, 6.45) is 6.29. The molecule has 0 radical (unpaired) electrons. The van der Waals surface area contributed by atoms with Crippen LogP contribution in [0.2, 0.25) is 0 Å². The number of aliphatic hydroxyl groups excluding tert-OH is 1. The van der Waals surface area contributed by atoms with Crippen LogP contribution in [-0.4, -0.2) is 10.1 Å². The molecule has 0 saturated heterocycles. The van der Waals surface area contributed by atoms with Gasteiger partial charge in [0.25, 0.3) is 0 Å². The maximum absolute atomic E-state index is 9.09. The number of hydrogen-bond acceptors (Lipinski definition) is 3. The lowest BCUT2D eigenvalue weighted by atomic mass is 9.89. The molecule has 90 valence electrons. The Morgan fingerprint density at radius 2 is 2.06 bits per heavy atom. The van der Waals surface area contributed by atoms with Crippen molar-refractivity contribution in [2.24, 2.45) is 0 Å². The first-order valence-electron chi connectivity index (χ1n) is 6.37. The Hall–Kier alpha value is -1.35. The van der Waals surface area contributed by atoms with E-state index in [2.05, 4.69) is 4.98 Å². The number of benzene rings is 1. The summed E-state index contributed by atoms with van der Waals surface area (Å²) in [5, 5.41) is 9.09. The highest BCUT2D eigenvalue weighted by atomic mass is 16.3. The zero-order valence-corrected chi connectivity index (χ0v) is 9.85. The van der Waals surface area contributed by atoms with Crippen molar-refractivity contribution >= 4 is 11.1 Å². The molecule has 1 heterocycles. The third-order valence-corrected chi connectivity index (χ3v) is 3.61. The highest BCUT2D eigenvalue weighted by Crippen LogP contribution is 2.33. The largest absolute Gasteiger partial charge is 0.440 e. The molecular formula is C14H17NO2. The lowest BCUT2D eigenvalue weighted by Crippen LogP contribution is -2.04. The summed E-state index contributed by atoms with van der Waals surface area (Å²) >= 11 is 0. The molecule has 0 atom stereocenters. The van der Waals surface area contributed by atoms with E-state index in [9.17, 15) is 0 Å². The van der Waals surface area contributed by atoms with Crippen LogP contribution in [0.5, 0.6) is 0 Å². The van der Waals surface area contributed by atoms with E-state index in [0.717, 1.165) is 22.6 Å². The average molecular weight is 231 g/mol. The normalized spacial score (nSPS) is 17.7. The highest BCUT2D eigenvalue weighted by Gasteiger charge is 2.20. The predicted octanol–water partition coefficient (Wildman–Crippen LogP) is 3.37. The Balaban J connectivity index is 1.95. The van der Waals surface area contributed by atoms with Gasteiger partial charge < -0.3 is 9.52 Å². The van der Waals surface area contributed by atoms with Crippen molar-refractivity contribution in [3.05, 3.63) is 29.7 Å². The minimum atomic E-state index is 0.0510. The zero-order chi connectivity index (χ0) is 11.7. The van der Waals surface area contributed by atoms with E-state index in [1.807, 2.05) is 18.2 Å². The monoisotopic (exact) mass is 231 g/mol. The van der Waals surface area contributed by atoms with Crippen molar-refractivity contribution in [3.63, 3.8) is 0 Å². The van der Waals surface area contributed by atoms with Crippen molar-refractivity contribution < 1.29 is 9.52 Å². The number of aliphatic hydroxyl groups is 1. The van der Waals surface area contributed by atoms with Gasteiger partial charge in [-0.05, 0) is 30.5 Å². The molecular weight excluding hydrogens is 214 g/mol. The molecule has 3 heteroatoms. The Morgan fingerprint density at radius 3 is 2.82 bits per heavy atom. The Morgan fingerprint density at radius 1 is 1.24 bits per heavy atom. The van der Waals surface area contributed by atoms with Crippen LogP contribution in [0.15, 0.2) is 22.6 Å². The molecule has 17 heavy (non-hydrogen) atoms. The fourth-order valence-corrected chi connectivity index (χ4v) is 2.61. The van der Waals surface area contributed by atoms with E-state index in [1.54, 1.807) is 0 Å². The second-order valence-corrected chi connectivity index (χ2v) is 4.85. The van der Waals surface area contributed by atoms with E-state index in [1.165, 1.54) is 32.1 Å². The van der Waals surface area contributed by atoms with Gasteiger partial charge in [-0.25, -0.2) is 4.98 Å². The lowest BCUT2D eigenvalue weighted by Gasteiger charge is -2.17. The molecule has 0 unspecified atom stereocenters. The summed E-state index contributed by atoms with van der Waals surface area (Å²) in [6.45, 7) is 0.0510. The quantitative estimate of drug-likeness (QED) is 0.862. The number of rotatable bonds is 2. The van der Waals surface area contributed by atoms with E-state index in [0.29, 0.717) is 5.92 Å². The number of nitrogens with zero attached hydrogens (tertiary/aromatic N) is 1. The maximum Gasteiger partial charge on any atom is 0.198 e. The second-order valence-electron chi connectivity index (χ2n) is 4.85. The molecule has 0 bridgehead atoms. The van der Waals surface area contributed by atoms with Crippen molar-refractivity contribution in [2.45, 2.75) is 44.6 Å². The average Bonchev–Trinajstić information content (AvgIpc) is 2.82. The van der Waals surface area contributed by atoms with Crippen molar-refractivity contribution in [2.75, 3.05) is 0 Å². The first-order chi connectivity index (χ1) is 8.36. The minimum absolute atomic E-state index is 0.0510. The van der Waals surface area contributed by atoms with Gasteiger partial charge >= 0.3 is 0 Å². The maximum atomic E-state index is 9.09. The molecule has 3 nitrogen and oxygen atoms in total. The summed E-state index contributed by atoms with van der Waals surface area (Å²) in [6, 6.07) is 5.71. The van der Waals surface area contributed by atoms with Crippen LogP contribution in [0, 0.1) is 0 Å². The third-order valence-electron chi connectivity index (χ3n) is 3.61. The standard InChI is InChI=1S/C14H17NO2/c16-9-10-6-7-12-13(8-10)17-14(15-12)11-4-2-1-3-5-11/h6-8,11,16H,1-5,9H2. The molecule has 3 rings (SSSR count). The number of oxazole rings is 1.